The van der Waals surface area contributed by atoms with E-state index in [9.17, 15) is 4.79 Å². The summed E-state index contributed by atoms with van der Waals surface area (Å²) in [4.78, 5) is 19.7. The van der Waals surface area contributed by atoms with E-state index in [1.807, 2.05) is 42.5 Å². The van der Waals surface area contributed by atoms with E-state index < -0.39 is 0 Å². The van der Waals surface area contributed by atoms with Crippen LogP contribution in [0.1, 0.15) is 5.56 Å². The number of hydrogen-bond acceptors (Lipinski definition) is 7. The number of carbonyl (C=O) groups excluding carboxylic acids is 1. The molecule has 0 bridgehead atoms. The average Bonchev–Trinajstić information content (AvgIpc) is 3.33. The Morgan fingerprint density at radius 2 is 2.04 bits per heavy atom. The third-order valence-corrected chi connectivity index (χ3v) is 3.84. The molecule has 1 amide bonds. The van der Waals surface area contributed by atoms with Gasteiger partial charge in [0, 0.05) is 18.0 Å². The zero-order valence-corrected chi connectivity index (χ0v) is 14.7. The number of nitrogens with one attached hydrogen (secondary N) is 3. The van der Waals surface area contributed by atoms with E-state index in [0.717, 1.165) is 16.9 Å². The highest BCUT2D eigenvalue weighted by Crippen LogP contribution is 2.22. The predicted octanol–water partition coefficient (Wildman–Crippen LogP) is 2.97. The first-order valence-corrected chi connectivity index (χ1v) is 8.49. The van der Waals surface area contributed by atoms with Gasteiger partial charge in [-0.3, -0.25) is 9.89 Å². The smallest absolute Gasteiger partial charge is 0.229 e. The van der Waals surface area contributed by atoms with Crippen LogP contribution in [0.3, 0.4) is 0 Å². The van der Waals surface area contributed by atoms with Crippen LogP contribution in [0, 0.1) is 0 Å². The van der Waals surface area contributed by atoms with Crippen molar-refractivity contribution < 1.29 is 9.21 Å². The molecule has 0 aliphatic rings. The molecule has 28 heavy (non-hydrogen) atoms. The van der Waals surface area contributed by atoms with Gasteiger partial charge in [0.2, 0.25) is 11.9 Å². The van der Waals surface area contributed by atoms with Gasteiger partial charge in [-0.1, -0.05) is 12.1 Å². The van der Waals surface area contributed by atoms with Crippen LogP contribution in [0.4, 0.5) is 23.3 Å². The van der Waals surface area contributed by atoms with Gasteiger partial charge in [-0.05, 0) is 35.9 Å². The van der Waals surface area contributed by atoms with Gasteiger partial charge in [0.25, 0.3) is 0 Å². The van der Waals surface area contributed by atoms with Crippen LogP contribution < -0.4 is 16.4 Å². The average molecular weight is 375 g/mol. The van der Waals surface area contributed by atoms with Gasteiger partial charge >= 0.3 is 0 Å². The number of H-pyrrole nitrogens is 1. The molecule has 9 nitrogen and oxygen atoms in total. The molecule has 0 atom stereocenters. The maximum atomic E-state index is 11.1. The van der Waals surface area contributed by atoms with Crippen molar-refractivity contribution in [3.8, 4) is 11.5 Å². The fourth-order valence-electron chi connectivity index (χ4n) is 2.65. The summed E-state index contributed by atoms with van der Waals surface area (Å²) in [5.41, 5.74) is 7.58. The first-order chi connectivity index (χ1) is 13.7. The molecule has 0 spiro atoms. The lowest BCUT2D eigenvalue weighted by Gasteiger charge is -2.08. The summed E-state index contributed by atoms with van der Waals surface area (Å²) in [7, 11) is 0. The van der Waals surface area contributed by atoms with Crippen LogP contribution in [-0.2, 0) is 11.2 Å². The number of carbonyl (C=O) groups is 1. The Kier molecular flexibility index (Phi) is 4.70. The molecule has 0 saturated carbocycles. The second-order valence-corrected chi connectivity index (χ2v) is 6.00. The Hall–Kier alpha value is -4.14. The van der Waals surface area contributed by atoms with Crippen molar-refractivity contribution in [3.05, 3.63) is 66.6 Å². The molecule has 3 aromatic heterocycles. The van der Waals surface area contributed by atoms with E-state index in [0.29, 0.717) is 23.3 Å². The third kappa shape index (κ3) is 4.15. The van der Waals surface area contributed by atoms with E-state index in [1.165, 1.54) is 0 Å². The van der Waals surface area contributed by atoms with Crippen molar-refractivity contribution in [1.82, 2.24) is 20.2 Å². The fraction of sp³-hybridized carbons (Fsp3) is 0.0526. The SMILES string of the molecule is NC(=O)Cc1cccc(Nc2nccc(Nc3cc(-c4ccco4)[nH]n3)n2)c1. The Morgan fingerprint density at radius 1 is 1.11 bits per heavy atom. The molecule has 9 heteroatoms. The van der Waals surface area contributed by atoms with Gasteiger partial charge in [-0.25, -0.2) is 4.98 Å². The van der Waals surface area contributed by atoms with Crippen molar-refractivity contribution in [2.75, 3.05) is 10.6 Å². The Morgan fingerprint density at radius 3 is 2.86 bits per heavy atom. The molecule has 5 N–H and O–H groups in total. The molecule has 0 aliphatic carbocycles. The van der Waals surface area contributed by atoms with Crippen LogP contribution >= 0.6 is 0 Å². The molecule has 1 aromatic carbocycles. The number of aromatic nitrogens is 4. The normalized spacial score (nSPS) is 10.6. The van der Waals surface area contributed by atoms with E-state index in [-0.39, 0.29) is 12.3 Å². The number of furan rings is 1. The minimum absolute atomic E-state index is 0.176. The third-order valence-electron chi connectivity index (χ3n) is 3.84. The summed E-state index contributed by atoms with van der Waals surface area (Å²) in [6, 6.07) is 14.6. The molecule has 4 aromatic rings. The van der Waals surface area contributed by atoms with Gasteiger partial charge < -0.3 is 20.8 Å². The zero-order valence-electron chi connectivity index (χ0n) is 14.7. The van der Waals surface area contributed by atoms with Gasteiger partial charge in [0.15, 0.2) is 11.6 Å². The predicted molar refractivity (Wildman–Crippen MR) is 104 cm³/mol. The molecule has 140 valence electrons. The van der Waals surface area contributed by atoms with Crippen molar-refractivity contribution in [1.29, 1.82) is 0 Å². The highest BCUT2D eigenvalue weighted by Gasteiger charge is 2.08. The highest BCUT2D eigenvalue weighted by atomic mass is 16.3. The number of hydrogen-bond donors (Lipinski definition) is 4. The van der Waals surface area contributed by atoms with E-state index in [2.05, 4.69) is 30.8 Å². The summed E-state index contributed by atoms with van der Waals surface area (Å²) in [6.07, 6.45) is 3.41. The lowest BCUT2D eigenvalue weighted by atomic mass is 10.1. The van der Waals surface area contributed by atoms with Crippen LogP contribution in [0.5, 0.6) is 0 Å². The molecular formula is C19H17N7O2. The second-order valence-electron chi connectivity index (χ2n) is 6.00. The van der Waals surface area contributed by atoms with E-state index in [4.69, 9.17) is 10.2 Å². The number of benzene rings is 1. The maximum absolute atomic E-state index is 11.1. The lowest BCUT2D eigenvalue weighted by molar-refractivity contribution is -0.117. The molecule has 0 saturated heterocycles. The van der Waals surface area contributed by atoms with Gasteiger partial charge in [0.05, 0.1) is 12.7 Å². The molecule has 0 aliphatic heterocycles. The minimum atomic E-state index is -0.382. The van der Waals surface area contributed by atoms with Crippen LogP contribution in [0.25, 0.3) is 11.5 Å². The van der Waals surface area contributed by atoms with Gasteiger partial charge in [-0.2, -0.15) is 10.1 Å². The minimum Gasteiger partial charge on any atom is -0.463 e. The monoisotopic (exact) mass is 375 g/mol. The summed E-state index contributed by atoms with van der Waals surface area (Å²) in [6.45, 7) is 0. The quantitative estimate of drug-likeness (QED) is 0.390. The van der Waals surface area contributed by atoms with E-state index in [1.54, 1.807) is 18.5 Å². The number of rotatable bonds is 7. The number of amides is 1. The molecule has 0 unspecified atom stereocenters. The van der Waals surface area contributed by atoms with Crippen LogP contribution in [-0.4, -0.2) is 26.1 Å². The standard InChI is InChI=1S/C19H17N7O2/c20-16(27)10-12-3-1-4-13(9-12)22-19-21-7-6-17(24-19)23-18-11-14(25-26-18)15-5-2-8-28-15/h1-9,11H,10H2,(H2,20,27)(H3,21,22,23,24,25,26). The fourth-order valence-corrected chi connectivity index (χ4v) is 2.65. The molecular weight excluding hydrogens is 358 g/mol. The van der Waals surface area contributed by atoms with Gasteiger partial charge in [0.1, 0.15) is 11.5 Å². The Balaban J connectivity index is 1.47. The molecule has 3 heterocycles. The molecule has 0 fully saturated rings. The van der Waals surface area contributed by atoms with Crippen LogP contribution in [0.15, 0.2) is 65.4 Å². The Bertz CT molecular complexity index is 1090. The number of nitrogens with zero attached hydrogens (tertiary/aromatic N) is 3. The van der Waals surface area contributed by atoms with Crippen molar-refractivity contribution >= 4 is 29.2 Å². The maximum Gasteiger partial charge on any atom is 0.229 e. The highest BCUT2D eigenvalue weighted by molar-refractivity contribution is 5.77. The molecule has 4 rings (SSSR count). The van der Waals surface area contributed by atoms with Crippen molar-refractivity contribution in [2.24, 2.45) is 5.73 Å². The first kappa shape index (κ1) is 17.3. The summed E-state index contributed by atoms with van der Waals surface area (Å²) in [5.74, 6) is 1.89. The molecule has 0 radical (unpaired) electrons. The van der Waals surface area contributed by atoms with Crippen molar-refractivity contribution in [2.45, 2.75) is 6.42 Å². The Labute approximate surface area is 160 Å². The first-order valence-electron chi connectivity index (χ1n) is 8.49. The second kappa shape index (κ2) is 7.62. The zero-order chi connectivity index (χ0) is 19.3. The summed E-state index contributed by atoms with van der Waals surface area (Å²) in [5, 5.41) is 13.3. The summed E-state index contributed by atoms with van der Waals surface area (Å²) >= 11 is 0. The lowest BCUT2D eigenvalue weighted by Crippen LogP contribution is -2.13. The van der Waals surface area contributed by atoms with Crippen LogP contribution in [0.2, 0.25) is 0 Å². The summed E-state index contributed by atoms with van der Waals surface area (Å²) < 4.78 is 5.34. The van der Waals surface area contributed by atoms with Gasteiger partial charge in [-0.15, -0.1) is 0 Å². The number of nitrogens with two attached hydrogens (primary N) is 1. The topological polar surface area (TPSA) is 135 Å². The van der Waals surface area contributed by atoms with E-state index >= 15 is 0 Å². The largest absolute Gasteiger partial charge is 0.463 e. The number of anilines is 4. The van der Waals surface area contributed by atoms with Crippen molar-refractivity contribution in [3.63, 3.8) is 0 Å². The number of aromatic amines is 1. The number of primary amides is 1.